The van der Waals surface area contributed by atoms with E-state index in [1.807, 2.05) is 24.3 Å². The first-order chi connectivity index (χ1) is 8.66. The summed E-state index contributed by atoms with van der Waals surface area (Å²) in [5.41, 5.74) is 7.08. The van der Waals surface area contributed by atoms with Gasteiger partial charge in [0, 0.05) is 4.47 Å². The number of halogens is 1. The van der Waals surface area contributed by atoms with Crippen LogP contribution in [0.4, 0.5) is 0 Å². The van der Waals surface area contributed by atoms with Crippen molar-refractivity contribution in [2.45, 2.75) is 6.04 Å². The Kier molecular flexibility index (Phi) is 4.23. The molecule has 0 aliphatic rings. The minimum absolute atomic E-state index is 0.200. The van der Waals surface area contributed by atoms with Gasteiger partial charge in [0.2, 0.25) is 0 Å². The van der Waals surface area contributed by atoms with E-state index in [1.54, 1.807) is 24.3 Å². The maximum absolute atomic E-state index is 9.16. The maximum atomic E-state index is 9.16. The molecule has 0 aliphatic carbocycles. The molecule has 0 radical (unpaired) electrons. The summed E-state index contributed by atoms with van der Waals surface area (Å²) < 4.78 is 6.55. The number of benzene rings is 2. The van der Waals surface area contributed by atoms with Crippen molar-refractivity contribution in [1.29, 1.82) is 0 Å². The average molecular weight is 308 g/mol. The van der Waals surface area contributed by atoms with E-state index in [9.17, 15) is 0 Å². The van der Waals surface area contributed by atoms with Crippen molar-refractivity contribution in [2.75, 3.05) is 6.61 Å². The van der Waals surface area contributed by atoms with Crippen LogP contribution in [-0.2, 0) is 0 Å². The van der Waals surface area contributed by atoms with Crippen LogP contribution in [0.5, 0.6) is 11.5 Å². The largest absolute Gasteiger partial charge is 0.508 e. The molecule has 0 aliphatic heterocycles. The van der Waals surface area contributed by atoms with Gasteiger partial charge in [0.25, 0.3) is 0 Å². The van der Waals surface area contributed by atoms with Crippen molar-refractivity contribution >= 4 is 15.9 Å². The normalized spacial score (nSPS) is 12.1. The van der Waals surface area contributed by atoms with Crippen molar-refractivity contribution in [1.82, 2.24) is 0 Å². The summed E-state index contributed by atoms with van der Waals surface area (Å²) in [6.45, 7) is 0.382. The van der Waals surface area contributed by atoms with E-state index >= 15 is 0 Å². The Hall–Kier alpha value is -1.52. The van der Waals surface area contributed by atoms with Crippen molar-refractivity contribution < 1.29 is 9.84 Å². The highest BCUT2D eigenvalue weighted by Crippen LogP contribution is 2.23. The summed E-state index contributed by atoms with van der Waals surface area (Å²) in [4.78, 5) is 0. The first-order valence-electron chi connectivity index (χ1n) is 5.58. The fourth-order valence-corrected chi connectivity index (χ4v) is 2.17. The van der Waals surface area contributed by atoms with Crippen LogP contribution in [0.3, 0.4) is 0 Å². The molecule has 3 N–H and O–H groups in total. The summed E-state index contributed by atoms with van der Waals surface area (Å²) in [5, 5.41) is 9.16. The predicted molar refractivity (Wildman–Crippen MR) is 74.7 cm³/mol. The molecule has 3 nitrogen and oxygen atoms in total. The highest BCUT2D eigenvalue weighted by Gasteiger charge is 2.09. The molecule has 0 saturated carbocycles. The third-order valence-corrected chi connectivity index (χ3v) is 3.29. The van der Waals surface area contributed by atoms with Gasteiger partial charge in [-0.25, -0.2) is 0 Å². The molecule has 4 heteroatoms. The summed E-state index contributed by atoms with van der Waals surface area (Å²) in [6.07, 6.45) is 0. The first kappa shape index (κ1) is 12.9. The molecule has 2 rings (SSSR count). The molecular formula is C14H14BrNO2. The average Bonchev–Trinajstić information content (AvgIpc) is 2.38. The monoisotopic (exact) mass is 307 g/mol. The lowest BCUT2D eigenvalue weighted by Crippen LogP contribution is -2.19. The number of aromatic hydroxyl groups is 1. The smallest absolute Gasteiger partial charge is 0.119 e. The second kappa shape index (κ2) is 5.89. The van der Waals surface area contributed by atoms with Crippen molar-refractivity contribution in [2.24, 2.45) is 5.73 Å². The number of hydrogen-bond acceptors (Lipinski definition) is 3. The molecule has 0 aromatic heterocycles. The van der Waals surface area contributed by atoms with Crippen LogP contribution in [0, 0.1) is 0 Å². The number of ether oxygens (including phenoxy) is 1. The molecule has 0 spiro atoms. The van der Waals surface area contributed by atoms with Gasteiger partial charge < -0.3 is 15.6 Å². The first-order valence-corrected chi connectivity index (χ1v) is 6.38. The third-order valence-electron chi connectivity index (χ3n) is 2.57. The van der Waals surface area contributed by atoms with Gasteiger partial charge in [-0.1, -0.05) is 34.1 Å². The molecular weight excluding hydrogens is 294 g/mol. The standard InChI is InChI=1S/C14H14BrNO2/c15-13-4-2-1-3-12(13)14(16)9-18-11-7-5-10(17)6-8-11/h1-8,14,17H,9,16H2. The van der Waals surface area contributed by atoms with Crippen LogP contribution in [-0.4, -0.2) is 11.7 Å². The zero-order valence-electron chi connectivity index (χ0n) is 9.71. The van der Waals surface area contributed by atoms with Crippen molar-refractivity contribution in [3.63, 3.8) is 0 Å². The fourth-order valence-electron chi connectivity index (χ4n) is 1.59. The quantitative estimate of drug-likeness (QED) is 0.912. The highest BCUT2D eigenvalue weighted by molar-refractivity contribution is 9.10. The van der Waals surface area contributed by atoms with Crippen LogP contribution >= 0.6 is 15.9 Å². The van der Waals surface area contributed by atoms with E-state index in [4.69, 9.17) is 15.6 Å². The Morgan fingerprint density at radius 1 is 1.11 bits per heavy atom. The number of phenols is 1. The summed E-state index contributed by atoms with van der Waals surface area (Å²) in [6, 6.07) is 14.2. The second-order valence-corrected chi connectivity index (χ2v) is 4.79. The second-order valence-electron chi connectivity index (χ2n) is 3.93. The fraction of sp³-hybridized carbons (Fsp3) is 0.143. The van der Waals surface area contributed by atoms with Gasteiger partial charge in [-0.05, 0) is 35.9 Å². The molecule has 1 unspecified atom stereocenters. The van der Waals surface area contributed by atoms with E-state index in [1.165, 1.54) is 0 Å². The Balaban J connectivity index is 1.98. The van der Waals surface area contributed by atoms with Crippen LogP contribution < -0.4 is 10.5 Å². The van der Waals surface area contributed by atoms with Gasteiger partial charge in [-0.3, -0.25) is 0 Å². The topological polar surface area (TPSA) is 55.5 Å². The van der Waals surface area contributed by atoms with Gasteiger partial charge in [-0.2, -0.15) is 0 Å². The Bertz CT molecular complexity index is 513. The Morgan fingerprint density at radius 3 is 2.44 bits per heavy atom. The molecule has 0 amide bonds. The molecule has 2 aromatic carbocycles. The van der Waals surface area contributed by atoms with E-state index in [0.717, 1.165) is 10.0 Å². The Labute approximate surface area is 114 Å². The molecule has 1 atom stereocenters. The van der Waals surface area contributed by atoms with E-state index in [2.05, 4.69) is 15.9 Å². The lowest BCUT2D eigenvalue weighted by molar-refractivity contribution is 0.290. The third kappa shape index (κ3) is 3.24. The van der Waals surface area contributed by atoms with Gasteiger partial charge in [-0.15, -0.1) is 0 Å². The number of rotatable bonds is 4. The molecule has 2 aromatic rings. The van der Waals surface area contributed by atoms with E-state index < -0.39 is 0 Å². The SMILES string of the molecule is NC(COc1ccc(O)cc1)c1ccccc1Br. The highest BCUT2D eigenvalue weighted by atomic mass is 79.9. The van der Waals surface area contributed by atoms with Crippen LogP contribution in [0.15, 0.2) is 53.0 Å². The zero-order chi connectivity index (χ0) is 13.0. The van der Waals surface area contributed by atoms with Gasteiger partial charge >= 0.3 is 0 Å². The van der Waals surface area contributed by atoms with Crippen LogP contribution in [0.1, 0.15) is 11.6 Å². The molecule has 0 heterocycles. The van der Waals surface area contributed by atoms with Crippen molar-refractivity contribution in [3.8, 4) is 11.5 Å². The molecule has 0 bridgehead atoms. The molecule has 94 valence electrons. The van der Waals surface area contributed by atoms with E-state index in [-0.39, 0.29) is 11.8 Å². The maximum Gasteiger partial charge on any atom is 0.119 e. The number of hydrogen-bond donors (Lipinski definition) is 2. The molecule has 0 fully saturated rings. The van der Waals surface area contributed by atoms with Gasteiger partial charge in [0.15, 0.2) is 0 Å². The van der Waals surface area contributed by atoms with Crippen molar-refractivity contribution in [3.05, 3.63) is 58.6 Å². The summed E-state index contributed by atoms with van der Waals surface area (Å²) >= 11 is 3.46. The minimum atomic E-state index is -0.200. The number of phenolic OH excluding ortho intramolecular Hbond substituents is 1. The predicted octanol–water partition coefficient (Wildman–Crippen LogP) is 3.23. The molecule has 0 saturated heterocycles. The summed E-state index contributed by atoms with van der Waals surface area (Å²) in [7, 11) is 0. The Morgan fingerprint density at radius 2 is 1.78 bits per heavy atom. The molecule has 18 heavy (non-hydrogen) atoms. The number of nitrogens with two attached hydrogens (primary N) is 1. The lowest BCUT2D eigenvalue weighted by atomic mass is 10.1. The van der Waals surface area contributed by atoms with Crippen LogP contribution in [0.25, 0.3) is 0 Å². The minimum Gasteiger partial charge on any atom is -0.508 e. The van der Waals surface area contributed by atoms with Gasteiger partial charge in [0.1, 0.15) is 18.1 Å². The lowest BCUT2D eigenvalue weighted by Gasteiger charge is -2.15. The van der Waals surface area contributed by atoms with Crippen LogP contribution in [0.2, 0.25) is 0 Å². The van der Waals surface area contributed by atoms with E-state index in [0.29, 0.717) is 12.4 Å². The summed E-state index contributed by atoms with van der Waals surface area (Å²) in [5.74, 6) is 0.910. The van der Waals surface area contributed by atoms with Gasteiger partial charge in [0.05, 0.1) is 6.04 Å². The zero-order valence-corrected chi connectivity index (χ0v) is 11.3.